The molecule has 1 heterocycles. The third-order valence-corrected chi connectivity index (χ3v) is 3.40. The summed E-state index contributed by atoms with van der Waals surface area (Å²) in [5, 5.41) is 17.7. The smallest absolute Gasteiger partial charge is 0.313 e. The first-order chi connectivity index (χ1) is 8.82. The summed E-state index contributed by atoms with van der Waals surface area (Å²) in [6.07, 6.45) is 0. The zero-order valence-corrected chi connectivity index (χ0v) is 12.9. The van der Waals surface area contributed by atoms with Gasteiger partial charge < -0.3 is 10.0 Å². The van der Waals surface area contributed by atoms with E-state index in [9.17, 15) is 4.79 Å². The van der Waals surface area contributed by atoms with Gasteiger partial charge in [0.25, 0.3) is 0 Å². The molecule has 0 saturated carbocycles. The number of carboxylic acid groups (broad SMARTS) is 1. The van der Waals surface area contributed by atoms with Crippen LogP contribution in [-0.2, 0) is 4.79 Å². The molecule has 1 aromatic rings. The first-order valence-electron chi connectivity index (χ1n) is 6.33. The van der Waals surface area contributed by atoms with E-state index in [1.54, 1.807) is 0 Å². The lowest BCUT2D eigenvalue weighted by Gasteiger charge is -2.23. The third kappa shape index (κ3) is 4.41. The van der Waals surface area contributed by atoms with Crippen molar-refractivity contribution in [3.63, 3.8) is 0 Å². The standard InChI is InChI=1S/C12H22N4O2S/c1-8(2)6-15(5)11-13-14-12(16(11)9(3)4)19-7-10(17)18/h8-9H,6-7H2,1-5H3,(H,17,18). The fraction of sp³-hybridized carbons (Fsp3) is 0.750. The zero-order chi connectivity index (χ0) is 14.6. The number of aliphatic carboxylic acids is 1. The van der Waals surface area contributed by atoms with Crippen molar-refractivity contribution in [3.05, 3.63) is 0 Å². The SMILES string of the molecule is CC(C)CN(C)c1nnc(SCC(=O)O)n1C(C)C. The summed E-state index contributed by atoms with van der Waals surface area (Å²) in [7, 11) is 1.98. The van der Waals surface area contributed by atoms with Gasteiger partial charge in [-0.25, -0.2) is 0 Å². The van der Waals surface area contributed by atoms with Gasteiger partial charge in [0.2, 0.25) is 5.95 Å². The molecule has 0 aliphatic heterocycles. The molecule has 0 spiro atoms. The van der Waals surface area contributed by atoms with Crippen molar-refractivity contribution < 1.29 is 9.90 Å². The zero-order valence-electron chi connectivity index (χ0n) is 12.1. The largest absolute Gasteiger partial charge is 0.481 e. The molecule has 0 aliphatic rings. The van der Waals surface area contributed by atoms with E-state index in [1.807, 2.05) is 25.5 Å². The molecule has 1 N–H and O–H groups in total. The molecule has 1 aromatic heterocycles. The highest BCUT2D eigenvalue weighted by Crippen LogP contribution is 2.25. The summed E-state index contributed by atoms with van der Waals surface area (Å²) in [6, 6.07) is 0.191. The predicted molar refractivity (Wildman–Crippen MR) is 76.9 cm³/mol. The first kappa shape index (κ1) is 15.8. The van der Waals surface area contributed by atoms with Gasteiger partial charge in [-0.3, -0.25) is 9.36 Å². The van der Waals surface area contributed by atoms with Crippen LogP contribution in [0.2, 0.25) is 0 Å². The number of rotatable bonds is 7. The van der Waals surface area contributed by atoms with Gasteiger partial charge in [-0.2, -0.15) is 0 Å². The minimum Gasteiger partial charge on any atom is -0.481 e. The summed E-state index contributed by atoms with van der Waals surface area (Å²) in [5.74, 6) is 0.466. The van der Waals surface area contributed by atoms with Crippen molar-refractivity contribution in [1.29, 1.82) is 0 Å². The van der Waals surface area contributed by atoms with Gasteiger partial charge in [-0.05, 0) is 19.8 Å². The molecule has 0 fully saturated rings. The molecule has 0 aromatic carbocycles. The van der Waals surface area contributed by atoms with Crippen LogP contribution in [0, 0.1) is 5.92 Å². The quantitative estimate of drug-likeness (QED) is 0.774. The van der Waals surface area contributed by atoms with Gasteiger partial charge in [0.05, 0.1) is 5.75 Å². The second-order valence-corrected chi connectivity index (χ2v) is 6.15. The highest BCUT2D eigenvalue weighted by molar-refractivity contribution is 7.99. The number of thioether (sulfide) groups is 1. The molecule has 19 heavy (non-hydrogen) atoms. The van der Waals surface area contributed by atoms with E-state index in [0.29, 0.717) is 11.1 Å². The van der Waals surface area contributed by atoms with Gasteiger partial charge in [-0.15, -0.1) is 10.2 Å². The Morgan fingerprint density at radius 1 is 1.37 bits per heavy atom. The summed E-state index contributed by atoms with van der Waals surface area (Å²) >= 11 is 1.20. The Labute approximate surface area is 118 Å². The Hall–Kier alpha value is -1.24. The van der Waals surface area contributed by atoms with Gasteiger partial charge >= 0.3 is 5.97 Å². The van der Waals surface area contributed by atoms with Crippen molar-refractivity contribution in [2.75, 3.05) is 24.2 Å². The molecule has 0 amide bonds. The van der Waals surface area contributed by atoms with Crippen LogP contribution in [0.5, 0.6) is 0 Å². The van der Waals surface area contributed by atoms with E-state index in [0.717, 1.165) is 12.5 Å². The molecule has 6 nitrogen and oxygen atoms in total. The van der Waals surface area contributed by atoms with E-state index < -0.39 is 5.97 Å². The normalized spacial score (nSPS) is 11.3. The Morgan fingerprint density at radius 2 is 2.00 bits per heavy atom. The van der Waals surface area contributed by atoms with E-state index >= 15 is 0 Å². The van der Waals surface area contributed by atoms with Crippen molar-refractivity contribution in [3.8, 4) is 0 Å². The van der Waals surface area contributed by atoms with E-state index in [-0.39, 0.29) is 11.8 Å². The maximum absolute atomic E-state index is 10.7. The van der Waals surface area contributed by atoms with Gasteiger partial charge in [0.1, 0.15) is 0 Å². The number of hydrogen-bond donors (Lipinski definition) is 1. The second kappa shape index (κ2) is 6.79. The fourth-order valence-corrected chi connectivity index (χ4v) is 2.62. The minimum atomic E-state index is -0.847. The molecule has 0 aliphatic carbocycles. The molecule has 0 unspecified atom stereocenters. The summed E-state index contributed by atoms with van der Waals surface area (Å²) in [4.78, 5) is 12.7. The van der Waals surface area contributed by atoms with Gasteiger partial charge in [0, 0.05) is 19.6 Å². The summed E-state index contributed by atoms with van der Waals surface area (Å²) in [5.41, 5.74) is 0. The average molecular weight is 286 g/mol. The van der Waals surface area contributed by atoms with E-state index in [1.165, 1.54) is 11.8 Å². The number of aromatic nitrogens is 3. The van der Waals surface area contributed by atoms with Crippen molar-refractivity contribution in [2.45, 2.75) is 38.9 Å². The van der Waals surface area contributed by atoms with Crippen molar-refractivity contribution >= 4 is 23.7 Å². The van der Waals surface area contributed by atoms with Crippen LogP contribution >= 0.6 is 11.8 Å². The van der Waals surface area contributed by atoms with Crippen LogP contribution in [0.3, 0.4) is 0 Å². The topological polar surface area (TPSA) is 71.2 Å². The minimum absolute atomic E-state index is 0.00124. The van der Waals surface area contributed by atoms with Crippen LogP contribution in [0.25, 0.3) is 0 Å². The molecular formula is C12H22N4O2S. The van der Waals surface area contributed by atoms with Crippen molar-refractivity contribution in [2.24, 2.45) is 5.92 Å². The fourth-order valence-electron chi connectivity index (χ4n) is 1.84. The molecule has 108 valence electrons. The average Bonchev–Trinajstić information content (AvgIpc) is 2.68. The van der Waals surface area contributed by atoms with Gasteiger partial charge in [-0.1, -0.05) is 25.6 Å². The molecule has 0 atom stereocenters. The van der Waals surface area contributed by atoms with Crippen LogP contribution in [-0.4, -0.2) is 45.2 Å². The van der Waals surface area contributed by atoms with Crippen molar-refractivity contribution in [1.82, 2.24) is 14.8 Å². The van der Waals surface area contributed by atoms with E-state index in [4.69, 9.17) is 5.11 Å². The van der Waals surface area contributed by atoms with E-state index in [2.05, 4.69) is 28.9 Å². The highest BCUT2D eigenvalue weighted by Gasteiger charge is 2.19. The number of carboxylic acids is 1. The number of nitrogens with zero attached hydrogens (tertiary/aromatic N) is 4. The maximum Gasteiger partial charge on any atom is 0.313 e. The summed E-state index contributed by atoms with van der Waals surface area (Å²) in [6.45, 7) is 9.26. The Bertz CT molecular complexity index is 431. The van der Waals surface area contributed by atoms with Crippen LogP contribution in [0.1, 0.15) is 33.7 Å². The number of anilines is 1. The van der Waals surface area contributed by atoms with Crippen LogP contribution in [0.4, 0.5) is 5.95 Å². The Kier molecular flexibility index (Phi) is 5.65. The lowest BCUT2D eigenvalue weighted by molar-refractivity contribution is -0.133. The summed E-state index contributed by atoms with van der Waals surface area (Å²) < 4.78 is 1.98. The third-order valence-electron chi connectivity index (χ3n) is 2.47. The first-order valence-corrected chi connectivity index (χ1v) is 7.32. The molecule has 0 saturated heterocycles. The molecule has 0 radical (unpaired) electrons. The van der Waals surface area contributed by atoms with Crippen LogP contribution in [0.15, 0.2) is 5.16 Å². The predicted octanol–water partition coefficient (Wildman–Crippen LogP) is 2.13. The Morgan fingerprint density at radius 3 is 2.47 bits per heavy atom. The number of hydrogen-bond acceptors (Lipinski definition) is 5. The molecule has 1 rings (SSSR count). The lowest BCUT2D eigenvalue weighted by atomic mass is 10.2. The monoisotopic (exact) mass is 286 g/mol. The second-order valence-electron chi connectivity index (χ2n) is 5.20. The maximum atomic E-state index is 10.7. The van der Waals surface area contributed by atoms with Crippen LogP contribution < -0.4 is 4.90 Å². The highest BCUT2D eigenvalue weighted by atomic mass is 32.2. The molecular weight excluding hydrogens is 264 g/mol. The Balaban J connectivity index is 2.96. The lowest BCUT2D eigenvalue weighted by Crippen LogP contribution is -2.26. The number of carbonyl (C=O) groups is 1. The molecule has 0 bridgehead atoms. The van der Waals surface area contributed by atoms with Gasteiger partial charge in [0.15, 0.2) is 5.16 Å². The molecule has 7 heteroatoms.